The molecular weight excluding hydrogens is 375 g/mol. The van der Waals surface area contributed by atoms with E-state index in [-0.39, 0.29) is 19.3 Å². The number of esters is 2. The van der Waals surface area contributed by atoms with E-state index in [1.165, 1.54) is 14.2 Å². The molecule has 0 aromatic rings. The first kappa shape index (κ1) is 22.1. The molecule has 0 saturated heterocycles. The second kappa shape index (κ2) is 8.87. The Labute approximate surface area is 171 Å². The van der Waals surface area contributed by atoms with Crippen molar-refractivity contribution in [2.45, 2.75) is 59.2 Å². The van der Waals surface area contributed by atoms with Crippen LogP contribution in [0.15, 0.2) is 0 Å². The van der Waals surface area contributed by atoms with Crippen LogP contribution in [0.2, 0.25) is 3.17 Å². The third kappa shape index (κ3) is 4.80. The van der Waals surface area contributed by atoms with Crippen molar-refractivity contribution < 1.29 is 36.8 Å². The molecule has 0 aliphatic heterocycles. The van der Waals surface area contributed by atoms with Crippen LogP contribution in [0.3, 0.4) is 0 Å². The van der Waals surface area contributed by atoms with E-state index in [4.69, 9.17) is 14.2 Å². The molecule has 0 radical (unpaired) electrons. The fraction of sp³-hybridized carbons (Fsp3) is 0.875. The molecule has 8 nitrogen and oxygen atoms in total. The average Bonchev–Trinajstić information content (AvgIpc) is 2.61. The monoisotopic (exact) mass is 400 g/mol. The summed E-state index contributed by atoms with van der Waals surface area (Å²) in [7, 11) is -1.93. The summed E-state index contributed by atoms with van der Waals surface area (Å²) in [4.78, 5) is 22.3. The van der Waals surface area contributed by atoms with E-state index in [1.807, 2.05) is 0 Å². The summed E-state index contributed by atoms with van der Waals surface area (Å²) in [6, 6.07) is 0. The second-order valence-electron chi connectivity index (χ2n) is 7.39. The Bertz CT molecular complexity index is 626. The summed E-state index contributed by atoms with van der Waals surface area (Å²) in [5.41, 5.74) is 0. The van der Waals surface area contributed by atoms with E-state index < -0.39 is 44.9 Å². The van der Waals surface area contributed by atoms with Crippen LogP contribution < -0.4 is 0 Å². The molecule has 26 heavy (non-hydrogen) atoms. The number of carbonyl (C=O) groups excluding carboxylic acids is 2. The SMILES string of the molecule is COC(=O)C1CCC(C(=O)OC)C(OC2(S(=O)(=O)O)CC[CH]([Na])CC2)C1. The minimum absolute atomic E-state index is 0.161. The summed E-state index contributed by atoms with van der Waals surface area (Å²) in [6.45, 7) is 0. The number of hydrogen-bond donors (Lipinski definition) is 1. The van der Waals surface area contributed by atoms with Crippen LogP contribution >= 0.6 is 0 Å². The van der Waals surface area contributed by atoms with Gasteiger partial charge in [-0.3, -0.25) is 0 Å². The van der Waals surface area contributed by atoms with Gasteiger partial charge in [-0.1, -0.05) is 0 Å². The minimum atomic E-state index is -4.48. The molecule has 1 N–H and O–H groups in total. The molecule has 3 unspecified atom stereocenters. The van der Waals surface area contributed by atoms with Crippen LogP contribution in [0.5, 0.6) is 0 Å². The van der Waals surface area contributed by atoms with E-state index in [0.29, 0.717) is 28.9 Å². The van der Waals surface area contributed by atoms with Gasteiger partial charge in [-0.15, -0.1) is 0 Å². The zero-order valence-electron chi connectivity index (χ0n) is 15.5. The molecule has 0 amide bonds. The first-order valence-electron chi connectivity index (χ1n) is 8.94. The van der Waals surface area contributed by atoms with E-state index in [9.17, 15) is 22.6 Å². The van der Waals surface area contributed by atoms with E-state index in [0.717, 1.165) is 27.9 Å². The van der Waals surface area contributed by atoms with Gasteiger partial charge < -0.3 is 0 Å². The molecule has 2 saturated carbocycles. The molecule has 10 heteroatoms. The van der Waals surface area contributed by atoms with Crippen LogP contribution in [0.1, 0.15) is 44.9 Å². The molecule has 2 fully saturated rings. The maximum absolute atomic E-state index is 12.1. The van der Waals surface area contributed by atoms with Crippen molar-refractivity contribution in [1.82, 2.24) is 0 Å². The Morgan fingerprint density at radius 1 is 1.04 bits per heavy atom. The summed E-state index contributed by atoms with van der Waals surface area (Å²) in [5.74, 6) is -2.06. The summed E-state index contributed by atoms with van der Waals surface area (Å²) in [6.07, 6.45) is 1.79. The van der Waals surface area contributed by atoms with Crippen LogP contribution in [-0.2, 0) is 33.9 Å². The van der Waals surface area contributed by atoms with Gasteiger partial charge in [-0.2, -0.15) is 0 Å². The molecule has 0 aromatic carbocycles. The van der Waals surface area contributed by atoms with E-state index in [1.54, 1.807) is 0 Å². The van der Waals surface area contributed by atoms with Gasteiger partial charge in [0, 0.05) is 0 Å². The van der Waals surface area contributed by atoms with Gasteiger partial charge in [-0.05, 0) is 0 Å². The van der Waals surface area contributed by atoms with Crippen molar-refractivity contribution in [3.63, 3.8) is 0 Å². The molecular formula is C16H25NaO8S. The molecule has 0 bridgehead atoms. The number of rotatable bonds is 5. The van der Waals surface area contributed by atoms with Crippen molar-refractivity contribution in [1.29, 1.82) is 0 Å². The molecule has 3 atom stereocenters. The van der Waals surface area contributed by atoms with Crippen molar-refractivity contribution in [3.05, 3.63) is 0 Å². The van der Waals surface area contributed by atoms with Gasteiger partial charge in [-0.25, -0.2) is 0 Å². The van der Waals surface area contributed by atoms with Crippen molar-refractivity contribution in [3.8, 4) is 0 Å². The van der Waals surface area contributed by atoms with Crippen LogP contribution in [-0.4, -0.2) is 78.1 Å². The van der Waals surface area contributed by atoms with Gasteiger partial charge >= 0.3 is 172 Å². The summed E-state index contributed by atoms with van der Waals surface area (Å²) < 4.78 is 50.2. The zero-order valence-corrected chi connectivity index (χ0v) is 18.3. The number of methoxy groups -OCH3 is 2. The van der Waals surface area contributed by atoms with Crippen LogP contribution in [0.25, 0.3) is 0 Å². The molecule has 0 aromatic heterocycles. The Balaban J connectivity index is 2.28. The zero-order chi connectivity index (χ0) is 19.5. The standard InChI is InChI=1S/C16H25O8S.Na/c1-22-14(17)11-6-7-12(15(18)23-2)13(10-11)24-16(25(19,20)21)8-4-3-5-9-16;/h3,11-13H,4-10H2,1-2H3,(H,19,20,21);. The van der Waals surface area contributed by atoms with Gasteiger partial charge in [0.05, 0.1) is 0 Å². The molecule has 0 heterocycles. The van der Waals surface area contributed by atoms with Gasteiger partial charge in [0.25, 0.3) is 0 Å². The molecule has 2 aliphatic rings. The van der Waals surface area contributed by atoms with Crippen LogP contribution in [0.4, 0.5) is 0 Å². The third-order valence-corrected chi connectivity index (χ3v) is 8.30. The summed E-state index contributed by atoms with van der Waals surface area (Å²) >= 11 is 0.949. The number of hydrogen-bond acceptors (Lipinski definition) is 7. The van der Waals surface area contributed by atoms with E-state index >= 15 is 0 Å². The van der Waals surface area contributed by atoms with Crippen molar-refractivity contribution >= 4 is 50.0 Å². The first-order chi connectivity index (χ1) is 12.1. The molecule has 2 aliphatic carbocycles. The fourth-order valence-electron chi connectivity index (χ4n) is 3.98. The predicted octanol–water partition coefficient (Wildman–Crippen LogP) is 1.25. The quantitative estimate of drug-likeness (QED) is 0.416. The van der Waals surface area contributed by atoms with Gasteiger partial charge in [0.15, 0.2) is 0 Å². The third-order valence-electron chi connectivity index (χ3n) is 5.70. The topological polar surface area (TPSA) is 116 Å². The Hall–Kier alpha value is -0.190. The number of ether oxygens (including phenoxy) is 3. The predicted molar refractivity (Wildman–Crippen MR) is 92.0 cm³/mol. The van der Waals surface area contributed by atoms with Gasteiger partial charge in [0.1, 0.15) is 0 Å². The maximum atomic E-state index is 12.1. The van der Waals surface area contributed by atoms with Crippen LogP contribution in [0, 0.1) is 11.8 Å². The van der Waals surface area contributed by atoms with Crippen molar-refractivity contribution in [2.24, 2.45) is 11.8 Å². The van der Waals surface area contributed by atoms with E-state index in [2.05, 4.69) is 0 Å². The normalized spacial score (nSPS) is 35.6. The molecule has 144 valence electrons. The average molecular weight is 400 g/mol. The molecule has 2 rings (SSSR count). The molecule has 0 spiro atoms. The first-order valence-corrected chi connectivity index (χ1v) is 11.5. The number of carbonyl (C=O) groups is 2. The van der Waals surface area contributed by atoms with Crippen molar-refractivity contribution in [2.75, 3.05) is 14.2 Å². The Morgan fingerprint density at radius 3 is 2.12 bits per heavy atom. The Morgan fingerprint density at radius 2 is 1.62 bits per heavy atom. The fourth-order valence-corrected chi connectivity index (χ4v) is 5.55. The van der Waals surface area contributed by atoms with Gasteiger partial charge in [0.2, 0.25) is 0 Å². The summed E-state index contributed by atoms with van der Waals surface area (Å²) in [5, 5.41) is 0. The Kier molecular flexibility index (Phi) is 7.54. The second-order valence-corrected chi connectivity index (χ2v) is 10.7.